The van der Waals surface area contributed by atoms with Gasteiger partial charge in [0.05, 0.1) is 18.2 Å². The molecule has 5 rings (SSSR count). The van der Waals surface area contributed by atoms with Gasteiger partial charge in [-0.05, 0) is 76.6 Å². The van der Waals surface area contributed by atoms with Gasteiger partial charge in [-0.1, -0.05) is 6.42 Å². The zero-order valence-corrected chi connectivity index (χ0v) is 17.8. The number of fused-ring (bicyclic) bond motifs is 2. The van der Waals surface area contributed by atoms with Gasteiger partial charge in [0.1, 0.15) is 5.75 Å². The molecule has 6 nitrogen and oxygen atoms in total. The minimum absolute atomic E-state index is 0.148. The topological polar surface area (TPSA) is 70.5 Å². The lowest BCUT2D eigenvalue weighted by Gasteiger charge is -2.44. The quantitative estimate of drug-likeness (QED) is 0.777. The van der Waals surface area contributed by atoms with Crippen LogP contribution < -0.4 is 10.1 Å². The number of aliphatic hydroxyl groups is 1. The molecule has 2 N–H and O–H groups in total. The van der Waals surface area contributed by atoms with Gasteiger partial charge < -0.3 is 15.2 Å². The highest BCUT2D eigenvalue weighted by molar-refractivity contribution is 5.80. The number of rotatable bonds is 5. The van der Waals surface area contributed by atoms with Crippen LogP contribution in [0.15, 0.2) is 24.4 Å². The van der Waals surface area contributed by atoms with Crippen LogP contribution in [0.5, 0.6) is 5.75 Å². The van der Waals surface area contributed by atoms with E-state index in [1.165, 1.54) is 45.2 Å². The molecule has 2 saturated heterocycles. The van der Waals surface area contributed by atoms with Crippen LogP contribution in [0.4, 0.5) is 5.95 Å². The normalized spacial score (nSPS) is 30.0. The molecular formula is C24H34N4O2. The summed E-state index contributed by atoms with van der Waals surface area (Å²) in [6, 6.07) is 7.20. The molecule has 2 atom stereocenters. The molecule has 6 heteroatoms. The van der Waals surface area contributed by atoms with Crippen molar-refractivity contribution in [1.82, 2.24) is 14.9 Å². The summed E-state index contributed by atoms with van der Waals surface area (Å²) in [5.41, 5.74) is 0.920. The second-order valence-electron chi connectivity index (χ2n) is 9.38. The molecule has 0 bridgehead atoms. The summed E-state index contributed by atoms with van der Waals surface area (Å²) in [4.78, 5) is 11.9. The minimum Gasteiger partial charge on any atom is -0.493 e. The van der Waals surface area contributed by atoms with Gasteiger partial charge in [-0.2, -0.15) is 0 Å². The van der Waals surface area contributed by atoms with Crippen molar-refractivity contribution < 1.29 is 9.84 Å². The summed E-state index contributed by atoms with van der Waals surface area (Å²) in [6.45, 7) is 3.33. The average Bonchev–Trinajstić information content (AvgIpc) is 2.79. The number of ether oxygens (including phenoxy) is 1. The molecule has 162 valence electrons. The Morgan fingerprint density at radius 1 is 1.03 bits per heavy atom. The van der Waals surface area contributed by atoms with Crippen molar-refractivity contribution in [1.29, 1.82) is 0 Å². The molecule has 1 aromatic carbocycles. The standard InChI is InChI=1S/C24H34N4O2/c29-20-9-7-19(8-10-20)26-24-25-15-17-6-11-21(14-22(17)27-24)30-16-18-4-3-13-28-12-2-1-5-23(18)28/h6,11,14-15,18-20,23,29H,1-5,7-10,12-13,16H2,(H,25,26,27)/t18-,19?,20?,23+/m0/s1. The van der Waals surface area contributed by atoms with E-state index >= 15 is 0 Å². The third-order valence-electron chi connectivity index (χ3n) is 7.28. The lowest BCUT2D eigenvalue weighted by atomic mass is 9.84. The van der Waals surface area contributed by atoms with E-state index in [4.69, 9.17) is 9.72 Å². The van der Waals surface area contributed by atoms with Crippen molar-refractivity contribution in [2.24, 2.45) is 5.92 Å². The molecule has 0 amide bonds. The Labute approximate surface area is 179 Å². The number of piperidine rings is 2. The number of benzene rings is 1. The number of anilines is 1. The Balaban J connectivity index is 1.23. The Hall–Kier alpha value is -1.92. The number of aromatic nitrogens is 2. The first kappa shape index (κ1) is 20.0. The fraction of sp³-hybridized carbons (Fsp3) is 0.667. The van der Waals surface area contributed by atoms with Crippen LogP contribution in [-0.4, -0.2) is 57.9 Å². The van der Waals surface area contributed by atoms with E-state index < -0.39 is 0 Å². The van der Waals surface area contributed by atoms with Crippen LogP contribution in [0.25, 0.3) is 10.9 Å². The number of nitrogens with one attached hydrogen (secondary N) is 1. The van der Waals surface area contributed by atoms with E-state index in [1.54, 1.807) is 0 Å². The van der Waals surface area contributed by atoms with E-state index in [2.05, 4.69) is 21.3 Å². The second kappa shape index (κ2) is 9.06. The van der Waals surface area contributed by atoms with Crippen LogP contribution >= 0.6 is 0 Å². The molecule has 1 aromatic heterocycles. The third kappa shape index (κ3) is 4.54. The highest BCUT2D eigenvalue weighted by atomic mass is 16.5. The highest BCUT2D eigenvalue weighted by Gasteiger charge is 2.33. The fourth-order valence-electron chi connectivity index (χ4n) is 5.54. The van der Waals surface area contributed by atoms with Crippen molar-refractivity contribution in [3.05, 3.63) is 24.4 Å². The smallest absolute Gasteiger partial charge is 0.223 e. The van der Waals surface area contributed by atoms with Crippen molar-refractivity contribution in [3.63, 3.8) is 0 Å². The van der Waals surface area contributed by atoms with Gasteiger partial charge in [-0.25, -0.2) is 9.97 Å². The Bertz CT molecular complexity index is 850. The molecule has 0 spiro atoms. The van der Waals surface area contributed by atoms with Crippen molar-refractivity contribution in [2.75, 3.05) is 25.0 Å². The maximum absolute atomic E-state index is 9.70. The molecule has 2 aromatic rings. The zero-order chi connectivity index (χ0) is 20.3. The molecule has 3 heterocycles. The van der Waals surface area contributed by atoms with Crippen LogP contribution in [0.1, 0.15) is 57.8 Å². The van der Waals surface area contributed by atoms with Crippen molar-refractivity contribution in [3.8, 4) is 5.75 Å². The summed E-state index contributed by atoms with van der Waals surface area (Å²) < 4.78 is 6.27. The Kier molecular flexibility index (Phi) is 6.05. The lowest BCUT2D eigenvalue weighted by Crippen LogP contribution is -2.49. The average molecular weight is 411 g/mol. The highest BCUT2D eigenvalue weighted by Crippen LogP contribution is 2.32. The molecule has 0 radical (unpaired) electrons. The zero-order valence-electron chi connectivity index (χ0n) is 17.8. The van der Waals surface area contributed by atoms with Gasteiger partial charge in [-0.15, -0.1) is 0 Å². The van der Waals surface area contributed by atoms with Crippen LogP contribution in [0.3, 0.4) is 0 Å². The first-order chi connectivity index (χ1) is 14.7. The molecule has 2 aliphatic heterocycles. The monoisotopic (exact) mass is 410 g/mol. The Morgan fingerprint density at radius 3 is 2.80 bits per heavy atom. The van der Waals surface area contributed by atoms with Crippen LogP contribution in [0, 0.1) is 5.92 Å². The van der Waals surface area contributed by atoms with E-state index in [1.807, 2.05) is 18.3 Å². The molecule has 3 fully saturated rings. The van der Waals surface area contributed by atoms with Crippen LogP contribution in [0.2, 0.25) is 0 Å². The first-order valence-corrected chi connectivity index (χ1v) is 11.8. The van der Waals surface area contributed by atoms with E-state index in [-0.39, 0.29) is 6.10 Å². The number of hydrogen-bond acceptors (Lipinski definition) is 6. The van der Waals surface area contributed by atoms with Crippen molar-refractivity contribution >= 4 is 16.9 Å². The van der Waals surface area contributed by atoms with E-state index in [9.17, 15) is 5.11 Å². The number of nitrogens with zero attached hydrogens (tertiary/aromatic N) is 3. The van der Waals surface area contributed by atoms with Gasteiger partial charge in [0.25, 0.3) is 0 Å². The second-order valence-corrected chi connectivity index (χ2v) is 9.38. The Morgan fingerprint density at radius 2 is 1.90 bits per heavy atom. The van der Waals surface area contributed by atoms with E-state index in [0.29, 0.717) is 23.9 Å². The van der Waals surface area contributed by atoms with Gasteiger partial charge in [0.2, 0.25) is 5.95 Å². The summed E-state index contributed by atoms with van der Waals surface area (Å²) in [5.74, 6) is 2.21. The predicted molar refractivity (Wildman–Crippen MR) is 119 cm³/mol. The van der Waals surface area contributed by atoms with Gasteiger partial charge in [-0.3, -0.25) is 4.90 Å². The van der Waals surface area contributed by atoms with Crippen LogP contribution in [-0.2, 0) is 0 Å². The fourth-order valence-corrected chi connectivity index (χ4v) is 5.54. The first-order valence-electron chi connectivity index (χ1n) is 11.8. The molecular weight excluding hydrogens is 376 g/mol. The molecule has 1 saturated carbocycles. The minimum atomic E-state index is -0.148. The molecule has 30 heavy (non-hydrogen) atoms. The maximum Gasteiger partial charge on any atom is 0.223 e. The molecule has 0 unspecified atom stereocenters. The predicted octanol–water partition coefficient (Wildman–Crippen LogP) is 3.99. The summed E-state index contributed by atoms with van der Waals surface area (Å²) in [6.07, 6.45) is 12.0. The number of aliphatic hydroxyl groups excluding tert-OH is 1. The maximum atomic E-state index is 9.70. The van der Waals surface area contributed by atoms with Gasteiger partial charge in [0, 0.05) is 35.7 Å². The van der Waals surface area contributed by atoms with E-state index in [0.717, 1.165) is 48.9 Å². The summed E-state index contributed by atoms with van der Waals surface area (Å²) in [5, 5.41) is 14.2. The SMILES string of the molecule is OC1CCC(Nc2ncc3ccc(OC[C@@H]4CCCN5CCCC[C@H]45)cc3n2)CC1. The third-order valence-corrected chi connectivity index (χ3v) is 7.28. The van der Waals surface area contributed by atoms with Gasteiger partial charge >= 0.3 is 0 Å². The lowest BCUT2D eigenvalue weighted by molar-refractivity contribution is 0.0366. The summed E-state index contributed by atoms with van der Waals surface area (Å²) >= 11 is 0. The summed E-state index contributed by atoms with van der Waals surface area (Å²) in [7, 11) is 0. The van der Waals surface area contributed by atoms with Gasteiger partial charge in [0.15, 0.2) is 0 Å². The van der Waals surface area contributed by atoms with Crippen molar-refractivity contribution in [2.45, 2.75) is 76.0 Å². The largest absolute Gasteiger partial charge is 0.493 e. The molecule has 3 aliphatic rings. The number of hydrogen-bond donors (Lipinski definition) is 2. The molecule has 1 aliphatic carbocycles.